The highest BCUT2D eigenvalue weighted by Gasteiger charge is 2.07. The highest BCUT2D eigenvalue weighted by Crippen LogP contribution is 1.83. The smallest absolute Gasteiger partial charge is 0.286 e. The maximum absolute atomic E-state index is 5.44. The zero-order valence-corrected chi connectivity index (χ0v) is 7.56. The molecule has 0 saturated heterocycles. The van der Waals surface area contributed by atoms with Crippen LogP contribution in [0.3, 0.4) is 0 Å². The monoisotopic (exact) mass is 196 g/mol. The van der Waals surface area contributed by atoms with Gasteiger partial charge in [-0.2, -0.15) is 0 Å². The van der Waals surface area contributed by atoms with E-state index in [4.69, 9.17) is 11.7 Å². The van der Waals surface area contributed by atoms with Crippen LogP contribution in [0, 0.1) is 0 Å². The van der Waals surface area contributed by atoms with E-state index >= 15 is 0 Å². The molecule has 2 aromatic heterocycles. The summed E-state index contributed by atoms with van der Waals surface area (Å²) in [4.78, 5) is 0. The number of aromatic nitrogens is 6. The van der Waals surface area contributed by atoms with Crippen molar-refractivity contribution in [3.05, 3.63) is 25.3 Å². The van der Waals surface area contributed by atoms with E-state index in [0.29, 0.717) is 13.1 Å². The van der Waals surface area contributed by atoms with Crippen LogP contribution in [0.25, 0.3) is 0 Å². The average Bonchev–Trinajstić information content (AvgIpc) is 2.72. The normalized spacial score (nSPS) is 10.6. The second-order valence-electron chi connectivity index (χ2n) is 2.91. The SMILES string of the molecule is N[n+]1cnn(CCn2c[n+](N)cn2)c1. The first-order chi connectivity index (χ1) is 6.74. The van der Waals surface area contributed by atoms with Gasteiger partial charge in [0, 0.05) is 10.2 Å². The second-order valence-corrected chi connectivity index (χ2v) is 2.91. The van der Waals surface area contributed by atoms with Crippen LogP contribution in [-0.4, -0.2) is 19.6 Å². The van der Waals surface area contributed by atoms with E-state index < -0.39 is 0 Å². The molecule has 0 amide bonds. The lowest BCUT2D eigenvalue weighted by Crippen LogP contribution is -2.42. The Balaban J connectivity index is 1.94. The van der Waals surface area contributed by atoms with Crippen LogP contribution in [0.1, 0.15) is 0 Å². The molecule has 0 atom stereocenters. The number of nitrogen functional groups attached to an aromatic ring is 2. The molecular formula is C6H12N8+2. The summed E-state index contributed by atoms with van der Waals surface area (Å²) >= 11 is 0. The van der Waals surface area contributed by atoms with Gasteiger partial charge < -0.3 is 0 Å². The number of rotatable bonds is 3. The number of hydrogen-bond donors (Lipinski definition) is 2. The van der Waals surface area contributed by atoms with Crippen LogP contribution in [0.2, 0.25) is 0 Å². The number of aryl methyl sites for hydroxylation is 2. The lowest BCUT2D eigenvalue weighted by Gasteiger charge is -1.88. The Bertz CT molecular complexity index is 375. The Kier molecular flexibility index (Phi) is 2.01. The quantitative estimate of drug-likeness (QED) is 0.399. The van der Waals surface area contributed by atoms with Gasteiger partial charge in [-0.05, 0) is 0 Å². The van der Waals surface area contributed by atoms with E-state index in [2.05, 4.69) is 10.2 Å². The van der Waals surface area contributed by atoms with E-state index in [1.807, 2.05) is 0 Å². The zero-order chi connectivity index (χ0) is 9.97. The summed E-state index contributed by atoms with van der Waals surface area (Å²) in [5.41, 5.74) is 0. The second kappa shape index (κ2) is 3.32. The first-order valence-corrected chi connectivity index (χ1v) is 4.11. The molecule has 74 valence electrons. The summed E-state index contributed by atoms with van der Waals surface area (Å²) in [6, 6.07) is 0. The van der Waals surface area contributed by atoms with E-state index in [9.17, 15) is 0 Å². The minimum absolute atomic E-state index is 0.700. The van der Waals surface area contributed by atoms with Crippen LogP contribution in [0.15, 0.2) is 25.3 Å². The summed E-state index contributed by atoms with van der Waals surface area (Å²) in [6.45, 7) is 1.40. The molecular weight excluding hydrogens is 184 g/mol. The van der Waals surface area contributed by atoms with Gasteiger partial charge in [-0.15, -0.1) is 18.7 Å². The van der Waals surface area contributed by atoms with Gasteiger partial charge in [0.15, 0.2) is 0 Å². The molecule has 0 aliphatic carbocycles. The van der Waals surface area contributed by atoms with Crippen molar-refractivity contribution in [3.63, 3.8) is 0 Å². The molecule has 0 unspecified atom stereocenters. The Morgan fingerprint density at radius 1 is 0.929 bits per heavy atom. The van der Waals surface area contributed by atoms with Gasteiger partial charge in [0.25, 0.3) is 12.7 Å². The highest BCUT2D eigenvalue weighted by atomic mass is 15.5. The minimum atomic E-state index is 0.700. The predicted molar refractivity (Wildman–Crippen MR) is 45.1 cm³/mol. The molecule has 0 saturated carbocycles. The number of nitrogens with zero attached hydrogens (tertiary/aromatic N) is 6. The van der Waals surface area contributed by atoms with Crippen molar-refractivity contribution in [3.8, 4) is 0 Å². The molecule has 0 fully saturated rings. The fourth-order valence-electron chi connectivity index (χ4n) is 1.11. The first kappa shape index (κ1) is 8.48. The third-order valence-corrected chi connectivity index (χ3v) is 1.76. The maximum Gasteiger partial charge on any atom is 0.286 e. The van der Waals surface area contributed by atoms with Crippen molar-refractivity contribution in [2.75, 3.05) is 11.7 Å². The fourth-order valence-corrected chi connectivity index (χ4v) is 1.11. The lowest BCUT2D eigenvalue weighted by molar-refractivity contribution is -0.640. The minimum Gasteiger partial charge on any atom is -0.289 e. The standard InChI is InChI=1S/C6H12N8/c7-11-3-9-13(5-11)1-2-14-6-12(8)4-10-14/h3-6H,1-2,7-8H2/q+2. The summed E-state index contributed by atoms with van der Waals surface area (Å²) in [5, 5.41) is 8.03. The molecule has 0 aromatic carbocycles. The highest BCUT2D eigenvalue weighted by molar-refractivity contribution is 4.49. The van der Waals surface area contributed by atoms with Gasteiger partial charge in [-0.25, -0.2) is 0 Å². The van der Waals surface area contributed by atoms with E-state index in [0.717, 1.165) is 0 Å². The first-order valence-electron chi connectivity index (χ1n) is 4.11. The lowest BCUT2D eigenvalue weighted by atomic mass is 10.6. The molecule has 8 nitrogen and oxygen atoms in total. The van der Waals surface area contributed by atoms with Gasteiger partial charge in [-0.1, -0.05) is 0 Å². The molecule has 8 heteroatoms. The van der Waals surface area contributed by atoms with Gasteiger partial charge in [0.05, 0.1) is 0 Å². The molecule has 0 aliphatic rings. The van der Waals surface area contributed by atoms with E-state index in [1.54, 1.807) is 22.0 Å². The molecule has 2 rings (SSSR count). The molecule has 0 radical (unpaired) electrons. The molecule has 4 N–H and O–H groups in total. The Morgan fingerprint density at radius 2 is 1.36 bits per heavy atom. The van der Waals surface area contributed by atoms with Crippen molar-refractivity contribution in [1.82, 2.24) is 19.6 Å². The molecule has 14 heavy (non-hydrogen) atoms. The van der Waals surface area contributed by atoms with E-state index in [1.165, 1.54) is 22.0 Å². The maximum atomic E-state index is 5.44. The van der Waals surface area contributed by atoms with Crippen LogP contribution < -0.4 is 21.0 Å². The number of hydrogen-bond acceptors (Lipinski definition) is 4. The predicted octanol–water partition coefficient (Wildman–Crippen LogP) is -3.22. The van der Waals surface area contributed by atoms with Crippen molar-refractivity contribution < 1.29 is 9.35 Å². The van der Waals surface area contributed by atoms with Gasteiger partial charge in [0.2, 0.25) is 12.7 Å². The topological polar surface area (TPSA) is 95.4 Å². The van der Waals surface area contributed by atoms with Crippen LogP contribution >= 0.6 is 0 Å². The Morgan fingerprint density at radius 3 is 1.64 bits per heavy atom. The molecule has 0 aliphatic heterocycles. The third-order valence-electron chi connectivity index (χ3n) is 1.76. The van der Waals surface area contributed by atoms with E-state index in [-0.39, 0.29) is 0 Å². The summed E-state index contributed by atoms with van der Waals surface area (Å²) in [7, 11) is 0. The summed E-state index contributed by atoms with van der Waals surface area (Å²) < 4.78 is 6.24. The summed E-state index contributed by atoms with van der Waals surface area (Å²) in [5.74, 6) is 10.9. The third kappa shape index (κ3) is 1.79. The summed E-state index contributed by atoms with van der Waals surface area (Å²) in [6.07, 6.45) is 6.46. The van der Waals surface area contributed by atoms with Crippen LogP contribution in [-0.2, 0) is 13.1 Å². The molecule has 2 aromatic rings. The Labute approximate surface area is 79.9 Å². The number of nitrogens with two attached hydrogens (primary N) is 2. The van der Waals surface area contributed by atoms with Gasteiger partial charge in [0.1, 0.15) is 13.1 Å². The van der Waals surface area contributed by atoms with Crippen molar-refractivity contribution in [2.45, 2.75) is 13.1 Å². The van der Waals surface area contributed by atoms with Crippen molar-refractivity contribution in [1.29, 1.82) is 0 Å². The fraction of sp³-hybridized carbons (Fsp3) is 0.333. The van der Waals surface area contributed by atoms with Gasteiger partial charge >= 0.3 is 0 Å². The van der Waals surface area contributed by atoms with Crippen LogP contribution in [0.4, 0.5) is 0 Å². The molecule has 2 heterocycles. The Hall–Kier alpha value is -2.12. The van der Waals surface area contributed by atoms with Gasteiger partial charge in [-0.3, -0.25) is 11.7 Å². The van der Waals surface area contributed by atoms with Crippen molar-refractivity contribution >= 4 is 0 Å². The molecule has 0 bridgehead atoms. The zero-order valence-electron chi connectivity index (χ0n) is 7.56. The van der Waals surface area contributed by atoms with Crippen molar-refractivity contribution in [2.24, 2.45) is 0 Å². The average molecular weight is 196 g/mol. The van der Waals surface area contributed by atoms with Crippen LogP contribution in [0.5, 0.6) is 0 Å². The largest absolute Gasteiger partial charge is 0.289 e. The molecule has 0 spiro atoms.